The number of ether oxygens (including phenoxy) is 2. The molecular formula is C18H17FN2O4S. The van der Waals surface area contributed by atoms with Crippen molar-refractivity contribution in [3.63, 3.8) is 0 Å². The first-order valence-corrected chi connectivity index (χ1v) is 7.94. The molecule has 2 aromatic rings. The maximum Gasteiger partial charge on any atom is 0.337 e. The van der Waals surface area contributed by atoms with Crippen molar-refractivity contribution in [2.24, 2.45) is 0 Å². The van der Waals surface area contributed by atoms with Gasteiger partial charge in [-0.25, -0.2) is 14.0 Å². The quantitative estimate of drug-likeness (QED) is 0.614. The fraction of sp³-hybridized carbons (Fsp3) is 0.167. The van der Waals surface area contributed by atoms with Gasteiger partial charge in [-0.1, -0.05) is 12.1 Å². The second-order valence-corrected chi connectivity index (χ2v) is 5.62. The van der Waals surface area contributed by atoms with E-state index in [1.54, 1.807) is 12.1 Å². The van der Waals surface area contributed by atoms with Gasteiger partial charge in [0.2, 0.25) is 0 Å². The first-order chi connectivity index (χ1) is 12.4. The fourth-order valence-corrected chi connectivity index (χ4v) is 2.32. The van der Waals surface area contributed by atoms with Gasteiger partial charge in [-0.3, -0.25) is 0 Å². The average molecular weight is 376 g/mol. The summed E-state index contributed by atoms with van der Waals surface area (Å²) in [6, 6.07) is 10.4. The highest BCUT2D eigenvalue weighted by molar-refractivity contribution is 7.80. The summed E-state index contributed by atoms with van der Waals surface area (Å²) in [6.07, 6.45) is 0. The summed E-state index contributed by atoms with van der Waals surface area (Å²) in [4.78, 5) is 23.5. The lowest BCUT2D eigenvalue weighted by molar-refractivity contribution is 0.0599. The zero-order chi connectivity index (χ0) is 19.1. The molecular weight excluding hydrogens is 359 g/mol. The number of esters is 2. The summed E-state index contributed by atoms with van der Waals surface area (Å²) >= 11 is 5.21. The summed E-state index contributed by atoms with van der Waals surface area (Å²) in [5.74, 6) is -1.50. The first-order valence-electron chi connectivity index (χ1n) is 7.54. The molecule has 0 amide bonds. The minimum atomic E-state index is -0.594. The maximum absolute atomic E-state index is 12.9. The summed E-state index contributed by atoms with van der Waals surface area (Å²) in [5, 5.41) is 6.12. The number of benzene rings is 2. The third kappa shape index (κ3) is 5.25. The predicted molar refractivity (Wildman–Crippen MR) is 98.6 cm³/mol. The van der Waals surface area contributed by atoms with Crippen LogP contribution in [-0.2, 0) is 16.0 Å². The fourth-order valence-electron chi connectivity index (χ4n) is 2.13. The highest BCUT2D eigenvalue weighted by Gasteiger charge is 2.14. The number of methoxy groups -OCH3 is 2. The lowest BCUT2D eigenvalue weighted by atomic mass is 10.1. The van der Waals surface area contributed by atoms with Crippen molar-refractivity contribution in [3.8, 4) is 0 Å². The molecule has 0 fully saturated rings. The van der Waals surface area contributed by atoms with Gasteiger partial charge in [0, 0.05) is 12.2 Å². The molecule has 0 aliphatic rings. The van der Waals surface area contributed by atoms with Gasteiger partial charge in [-0.2, -0.15) is 0 Å². The van der Waals surface area contributed by atoms with Crippen LogP contribution in [0.4, 0.5) is 10.1 Å². The number of hydrogen-bond donors (Lipinski definition) is 2. The Hall–Kier alpha value is -3.00. The Labute approximate surface area is 155 Å². The Bertz CT molecular complexity index is 790. The van der Waals surface area contributed by atoms with Crippen molar-refractivity contribution in [2.75, 3.05) is 19.5 Å². The van der Waals surface area contributed by atoms with E-state index in [0.29, 0.717) is 12.2 Å². The lowest BCUT2D eigenvalue weighted by Crippen LogP contribution is -2.28. The molecule has 0 heterocycles. The van der Waals surface area contributed by atoms with E-state index in [4.69, 9.17) is 12.2 Å². The van der Waals surface area contributed by atoms with Gasteiger partial charge in [0.05, 0.1) is 25.3 Å². The second kappa shape index (κ2) is 8.91. The average Bonchev–Trinajstić information content (AvgIpc) is 2.65. The molecule has 0 aliphatic heterocycles. The molecule has 0 saturated heterocycles. The smallest absolute Gasteiger partial charge is 0.337 e. The predicted octanol–water partition coefficient (Wildman–Crippen LogP) is 2.89. The van der Waals surface area contributed by atoms with Crippen LogP contribution in [0.3, 0.4) is 0 Å². The van der Waals surface area contributed by atoms with E-state index in [2.05, 4.69) is 20.1 Å². The maximum atomic E-state index is 12.9. The molecule has 8 heteroatoms. The van der Waals surface area contributed by atoms with Gasteiger partial charge in [0.1, 0.15) is 5.82 Å². The Morgan fingerprint density at radius 2 is 1.54 bits per heavy atom. The van der Waals surface area contributed by atoms with E-state index in [1.807, 2.05) is 0 Å². The van der Waals surface area contributed by atoms with E-state index >= 15 is 0 Å². The van der Waals surface area contributed by atoms with Gasteiger partial charge in [0.15, 0.2) is 5.11 Å². The molecule has 0 unspecified atom stereocenters. The van der Waals surface area contributed by atoms with Crippen LogP contribution in [0.5, 0.6) is 0 Å². The summed E-state index contributed by atoms with van der Waals surface area (Å²) < 4.78 is 22.3. The molecule has 6 nitrogen and oxygen atoms in total. The Morgan fingerprint density at radius 1 is 1.00 bits per heavy atom. The molecule has 0 radical (unpaired) electrons. The van der Waals surface area contributed by atoms with Crippen LogP contribution in [-0.4, -0.2) is 31.3 Å². The highest BCUT2D eigenvalue weighted by atomic mass is 32.1. The number of carbonyl (C=O) groups is 2. The molecule has 2 aromatic carbocycles. The van der Waals surface area contributed by atoms with E-state index in [9.17, 15) is 14.0 Å². The third-order valence-corrected chi connectivity index (χ3v) is 3.65. The number of carbonyl (C=O) groups excluding carboxylic acids is 2. The number of halogens is 1. The van der Waals surface area contributed by atoms with E-state index in [1.165, 1.54) is 44.6 Å². The van der Waals surface area contributed by atoms with Crippen LogP contribution in [0.15, 0.2) is 42.5 Å². The van der Waals surface area contributed by atoms with Crippen molar-refractivity contribution in [3.05, 3.63) is 65.0 Å². The van der Waals surface area contributed by atoms with Crippen molar-refractivity contribution in [1.29, 1.82) is 0 Å². The molecule has 0 spiro atoms. The topological polar surface area (TPSA) is 76.7 Å². The van der Waals surface area contributed by atoms with E-state index < -0.39 is 11.9 Å². The Kier molecular flexibility index (Phi) is 6.62. The molecule has 2 rings (SSSR count). The molecule has 0 aromatic heterocycles. The van der Waals surface area contributed by atoms with E-state index in [0.717, 1.165) is 5.56 Å². The molecule has 136 valence electrons. The van der Waals surface area contributed by atoms with Crippen molar-refractivity contribution < 1.29 is 23.5 Å². The number of anilines is 1. The SMILES string of the molecule is COC(=O)c1cc(NC(=S)NCc2ccc(F)cc2)cc(C(=O)OC)c1. The molecule has 0 bridgehead atoms. The minimum absolute atomic E-state index is 0.180. The molecule has 26 heavy (non-hydrogen) atoms. The van der Waals surface area contributed by atoms with Crippen LogP contribution >= 0.6 is 12.2 Å². The van der Waals surface area contributed by atoms with Gasteiger partial charge >= 0.3 is 11.9 Å². The molecule has 0 saturated carbocycles. The van der Waals surface area contributed by atoms with Crippen molar-refractivity contribution in [2.45, 2.75) is 6.54 Å². The first kappa shape index (κ1) is 19.3. The number of hydrogen-bond acceptors (Lipinski definition) is 5. The molecule has 0 aliphatic carbocycles. The van der Waals surface area contributed by atoms with Gasteiger partial charge in [0.25, 0.3) is 0 Å². The third-order valence-electron chi connectivity index (χ3n) is 3.40. The van der Waals surface area contributed by atoms with Crippen LogP contribution in [0.1, 0.15) is 26.3 Å². The summed E-state index contributed by atoms with van der Waals surface area (Å²) in [6.45, 7) is 0.382. The zero-order valence-corrected chi connectivity index (χ0v) is 15.0. The second-order valence-electron chi connectivity index (χ2n) is 5.22. The molecule has 0 atom stereocenters. The van der Waals surface area contributed by atoms with Gasteiger partial charge in [-0.05, 0) is 48.1 Å². The van der Waals surface area contributed by atoms with Crippen molar-refractivity contribution in [1.82, 2.24) is 5.32 Å². The van der Waals surface area contributed by atoms with Crippen LogP contribution in [0, 0.1) is 5.82 Å². The van der Waals surface area contributed by atoms with Gasteiger partial charge < -0.3 is 20.1 Å². The lowest BCUT2D eigenvalue weighted by Gasteiger charge is -2.13. The van der Waals surface area contributed by atoms with Crippen LogP contribution < -0.4 is 10.6 Å². The summed E-state index contributed by atoms with van der Waals surface area (Å²) in [7, 11) is 2.49. The Morgan fingerprint density at radius 3 is 2.04 bits per heavy atom. The zero-order valence-electron chi connectivity index (χ0n) is 14.2. The Balaban J connectivity index is 2.11. The number of nitrogens with one attached hydrogen (secondary N) is 2. The number of thiocarbonyl (C=S) groups is 1. The molecule has 2 N–H and O–H groups in total. The van der Waals surface area contributed by atoms with Crippen LogP contribution in [0.2, 0.25) is 0 Å². The van der Waals surface area contributed by atoms with E-state index in [-0.39, 0.29) is 22.1 Å². The highest BCUT2D eigenvalue weighted by Crippen LogP contribution is 2.17. The normalized spacial score (nSPS) is 9.96. The van der Waals surface area contributed by atoms with Crippen LogP contribution in [0.25, 0.3) is 0 Å². The van der Waals surface area contributed by atoms with Crippen molar-refractivity contribution >= 4 is 35.0 Å². The summed E-state index contributed by atoms with van der Waals surface area (Å²) in [5.41, 5.74) is 1.62. The largest absolute Gasteiger partial charge is 0.465 e. The number of rotatable bonds is 5. The van der Waals surface area contributed by atoms with Gasteiger partial charge in [-0.15, -0.1) is 0 Å². The minimum Gasteiger partial charge on any atom is -0.465 e. The monoisotopic (exact) mass is 376 g/mol. The standard InChI is InChI=1S/C18H17FN2O4S/c1-24-16(22)12-7-13(17(23)25-2)9-15(8-12)21-18(26)20-10-11-3-5-14(19)6-4-11/h3-9H,10H2,1-2H3,(H2,20,21,26).